The Hall–Kier alpha value is -1.89. The van der Waals surface area contributed by atoms with Crippen LogP contribution in [-0.2, 0) is 14.6 Å². The summed E-state index contributed by atoms with van der Waals surface area (Å²) in [5.41, 5.74) is 0.155. The highest BCUT2D eigenvalue weighted by Gasteiger charge is 2.20. The lowest BCUT2D eigenvalue weighted by Gasteiger charge is -2.15. The van der Waals surface area contributed by atoms with Gasteiger partial charge in [0.15, 0.2) is 9.84 Å². The zero-order chi connectivity index (χ0) is 16.2. The van der Waals surface area contributed by atoms with E-state index in [9.17, 15) is 18.0 Å². The molecule has 1 aromatic rings. The van der Waals surface area contributed by atoms with Gasteiger partial charge >= 0.3 is 0 Å². The van der Waals surface area contributed by atoms with Crippen LogP contribution in [-0.4, -0.2) is 51.0 Å². The van der Waals surface area contributed by atoms with E-state index in [0.29, 0.717) is 25.9 Å². The molecular weight excluding hydrogens is 304 g/mol. The number of carbonyl (C=O) groups excluding carboxylic acids is 2. The number of carbonyl (C=O) groups is 2. The predicted octanol–water partition coefficient (Wildman–Crippen LogP) is 0.832. The fourth-order valence-corrected chi connectivity index (χ4v) is 3.37. The number of amides is 2. The Kier molecular flexibility index (Phi) is 5.18. The third-order valence-corrected chi connectivity index (χ3v) is 4.75. The Morgan fingerprint density at radius 2 is 2.05 bits per heavy atom. The average Bonchev–Trinajstić information content (AvgIpc) is 2.88. The first-order valence-corrected chi connectivity index (χ1v) is 9.14. The molecule has 1 N–H and O–H groups in total. The van der Waals surface area contributed by atoms with E-state index in [-0.39, 0.29) is 16.4 Å². The molecule has 6 nitrogen and oxygen atoms in total. The van der Waals surface area contributed by atoms with E-state index in [1.165, 1.54) is 12.1 Å². The highest BCUT2D eigenvalue weighted by Crippen LogP contribution is 2.15. The van der Waals surface area contributed by atoms with Crippen molar-refractivity contribution in [2.75, 3.05) is 25.9 Å². The van der Waals surface area contributed by atoms with E-state index < -0.39 is 15.7 Å². The lowest BCUT2D eigenvalue weighted by Crippen LogP contribution is -2.31. The second-order valence-corrected chi connectivity index (χ2v) is 7.35. The molecular formula is C15H20N2O4S. The van der Waals surface area contributed by atoms with Crippen molar-refractivity contribution in [3.05, 3.63) is 29.8 Å². The maximum atomic E-state index is 12.1. The molecule has 1 saturated heterocycles. The molecule has 0 aliphatic carbocycles. The highest BCUT2D eigenvalue weighted by atomic mass is 32.2. The van der Waals surface area contributed by atoms with Gasteiger partial charge in [0, 0.05) is 32.3 Å². The van der Waals surface area contributed by atoms with Crippen molar-refractivity contribution in [1.82, 2.24) is 10.2 Å². The van der Waals surface area contributed by atoms with Crippen LogP contribution in [0.2, 0.25) is 0 Å². The summed E-state index contributed by atoms with van der Waals surface area (Å²) in [5.74, 6) is -0.248. The van der Waals surface area contributed by atoms with Crippen molar-refractivity contribution >= 4 is 21.7 Å². The second kappa shape index (κ2) is 6.91. The zero-order valence-electron chi connectivity index (χ0n) is 12.5. The molecule has 7 heteroatoms. The van der Waals surface area contributed by atoms with Crippen LogP contribution in [0.15, 0.2) is 29.2 Å². The van der Waals surface area contributed by atoms with Crippen LogP contribution in [0.5, 0.6) is 0 Å². The third kappa shape index (κ3) is 4.07. The lowest BCUT2D eigenvalue weighted by atomic mass is 10.2. The Morgan fingerprint density at radius 3 is 2.68 bits per heavy atom. The van der Waals surface area contributed by atoms with E-state index in [1.54, 1.807) is 17.0 Å². The topological polar surface area (TPSA) is 83.6 Å². The van der Waals surface area contributed by atoms with Gasteiger partial charge < -0.3 is 10.2 Å². The van der Waals surface area contributed by atoms with Gasteiger partial charge in [0.2, 0.25) is 5.91 Å². The molecule has 1 aliphatic heterocycles. The minimum atomic E-state index is -3.44. The van der Waals surface area contributed by atoms with Crippen molar-refractivity contribution in [3.63, 3.8) is 0 Å². The van der Waals surface area contributed by atoms with Gasteiger partial charge in [0.05, 0.1) is 10.5 Å². The molecule has 0 unspecified atom stereocenters. The Bertz CT molecular complexity index is 670. The largest absolute Gasteiger partial charge is 0.352 e. The minimum Gasteiger partial charge on any atom is -0.352 e. The van der Waals surface area contributed by atoms with Crippen LogP contribution in [0.3, 0.4) is 0 Å². The number of likely N-dealkylation sites (tertiary alicyclic amines) is 1. The molecule has 1 aromatic carbocycles. The van der Waals surface area contributed by atoms with Gasteiger partial charge in [-0.15, -0.1) is 0 Å². The molecule has 120 valence electrons. The van der Waals surface area contributed by atoms with Gasteiger partial charge in [-0.1, -0.05) is 12.1 Å². The molecule has 2 amide bonds. The van der Waals surface area contributed by atoms with Crippen molar-refractivity contribution in [1.29, 1.82) is 0 Å². The second-order valence-electron chi connectivity index (χ2n) is 5.36. The zero-order valence-corrected chi connectivity index (χ0v) is 13.4. The number of hydrogen-bond acceptors (Lipinski definition) is 4. The molecule has 22 heavy (non-hydrogen) atoms. The van der Waals surface area contributed by atoms with Gasteiger partial charge in [0.25, 0.3) is 5.91 Å². The monoisotopic (exact) mass is 324 g/mol. The van der Waals surface area contributed by atoms with Gasteiger partial charge in [-0.25, -0.2) is 8.42 Å². The van der Waals surface area contributed by atoms with E-state index in [2.05, 4.69) is 5.32 Å². The quantitative estimate of drug-likeness (QED) is 0.786. The molecule has 0 saturated carbocycles. The normalized spacial score (nSPS) is 15.1. The summed E-state index contributed by atoms with van der Waals surface area (Å²) in [4.78, 5) is 25.4. The molecule has 0 bridgehead atoms. The maximum Gasteiger partial charge on any atom is 0.252 e. The number of hydrogen-bond donors (Lipinski definition) is 1. The summed E-state index contributed by atoms with van der Waals surface area (Å²) in [5, 5.41) is 2.71. The lowest BCUT2D eigenvalue weighted by molar-refractivity contribution is -0.127. The van der Waals surface area contributed by atoms with Crippen molar-refractivity contribution < 1.29 is 18.0 Å². The smallest absolute Gasteiger partial charge is 0.252 e. The van der Waals surface area contributed by atoms with E-state index in [0.717, 1.165) is 19.2 Å². The molecule has 2 rings (SSSR count). The molecule has 1 fully saturated rings. The number of nitrogens with one attached hydrogen (secondary N) is 1. The SMILES string of the molecule is CS(=O)(=O)c1ccccc1C(=O)NCCCN1CCCC1=O. The van der Waals surface area contributed by atoms with Gasteiger partial charge in [0.1, 0.15) is 0 Å². The number of benzene rings is 1. The number of rotatable bonds is 6. The third-order valence-electron chi connectivity index (χ3n) is 3.59. The number of nitrogens with zero attached hydrogens (tertiary/aromatic N) is 1. The highest BCUT2D eigenvalue weighted by molar-refractivity contribution is 7.90. The molecule has 1 aliphatic rings. The fraction of sp³-hybridized carbons (Fsp3) is 0.467. The van der Waals surface area contributed by atoms with Crippen LogP contribution < -0.4 is 5.32 Å². The van der Waals surface area contributed by atoms with E-state index >= 15 is 0 Å². The van der Waals surface area contributed by atoms with Gasteiger partial charge in [-0.05, 0) is 25.0 Å². The van der Waals surface area contributed by atoms with E-state index in [4.69, 9.17) is 0 Å². The maximum absolute atomic E-state index is 12.1. The first-order chi connectivity index (χ1) is 10.4. The molecule has 0 radical (unpaired) electrons. The number of sulfone groups is 1. The summed E-state index contributed by atoms with van der Waals surface area (Å²) < 4.78 is 23.3. The van der Waals surface area contributed by atoms with Gasteiger partial charge in [-0.3, -0.25) is 9.59 Å². The molecule has 1 heterocycles. The van der Waals surface area contributed by atoms with Crippen LogP contribution in [0.25, 0.3) is 0 Å². The van der Waals surface area contributed by atoms with Crippen LogP contribution in [0.4, 0.5) is 0 Å². The van der Waals surface area contributed by atoms with E-state index in [1.807, 2.05) is 0 Å². The molecule has 0 aromatic heterocycles. The summed E-state index contributed by atoms with van der Waals surface area (Å²) in [7, 11) is -3.44. The van der Waals surface area contributed by atoms with Crippen molar-refractivity contribution in [2.24, 2.45) is 0 Å². The fourth-order valence-electron chi connectivity index (χ4n) is 2.49. The Labute approximate surface area is 130 Å². The summed E-state index contributed by atoms with van der Waals surface area (Å²) in [6.45, 7) is 1.80. The predicted molar refractivity (Wildman–Crippen MR) is 82.3 cm³/mol. The van der Waals surface area contributed by atoms with Crippen LogP contribution in [0.1, 0.15) is 29.6 Å². The van der Waals surface area contributed by atoms with Crippen molar-refractivity contribution in [2.45, 2.75) is 24.2 Å². The standard InChI is InChI=1S/C15H20N2O4S/c1-22(20,21)13-7-3-2-6-12(13)15(19)16-9-5-11-17-10-4-8-14(17)18/h2-3,6-7H,4-5,8-11H2,1H3,(H,16,19). The summed E-state index contributed by atoms with van der Waals surface area (Å²) in [6, 6.07) is 6.14. The Morgan fingerprint density at radius 1 is 1.32 bits per heavy atom. The summed E-state index contributed by atoms with van der Waals surface area (Å²) in [6.07, 6.45) is 3.23. The van der Waals surface area contributed by atoms with Crippen LogP contribution >= 0.6 is 0 Å². The van der Waals surface area contributed by atoms with Gasteiger partial charge in [-0.2, -0.15) is 0 Å². The first kappa shape index (κ1) is 16.5. The Balaban J connectivity index is 1.89. The summed E-state index contributed by atoms with van der Waals surface area (Å²) >= 11 is 0. The molecule has 0 atom stereocenters. The molecule has 0 spiro atoms. The minimum absolute atomic E-state index is 0.0298. The van der Waals surface area contributed by atoms with Crippen LogP contribution in [0, 0.1) is 0 Å². The average molecular weight is 324 g/mol. The van der Waals surface area contributed by atoms with Crippen molar-refractivity contribution in [3.8, 4) is 0 Å². The first-order valence-electron chi connectivity index (χ1n) is 7.24.